The van der Waals surface area contributed by atoms with E-state index in [2.05, 4.69) is 22.9 Å². The highest BCUT2D eigenvalue weighted by atomic mass is 19.1. The number of nitrogens with one attached hydrogen (secondary N) is 3. The van der Waals surface area contributed by atoms with Crippen molar-refractivity contribution in [2.45, 2.75) is 51.1 Å². The van der Waals surface area contributed by atoms with Crippen LogP contribution in [0.5, 0.6) is 5.75 Å². The lowest BCUT2D eigenvalue weighted by Crippen LogP contribution is -2.33. The van der Waals surface area contributed by atoms with Gasteiger partial charge in [-0.05, 0) is 67.5 Å². The summed E-state index contributed by atoms with van der Waals surface area (Å²) in [5.41, 5.74) is 2.85. The number of amides is 2. The van der Waals surface area contributed by atoms with Gasteiger partial charge in [0, 0.05) is 37.7 Å². The standard InChI is InChI=1S/C25H32FN3O3/c1-16(20-9-11-23(26)24(15-20)32-3)29-22-10-8-21(14-22)18-4-6-19(7-5-18)25(31)28-13-12-27-17(2)30/h4-7,9,11,15-16,21-22,29H,8,10,12-14H2,1-3H3,(H,27,30)(H,28,31). The zero-order valence-corrected chi connectivity index (χ0v) is 18.9. The summed E-state index contributed by atoms with van der Waals surface area (Å²) >= 11 is 0. The average molecular weight is 442 g/mol. The molecule has 1 aliphatic carbocycles. The molecule has 0 radical (unpaired) electrons. The second-order valence-electron chi connectivity index (χ2n) is 8.35. The maximum atomic E-state index is 13.7. The maximum Gasteiger partial charge on any atom is 0.251 e. The molecule has 0 heterocycles. The molecule has 32 heavy (non-hydrogen) atoms. The third kappa shape index (κ3) is 6.29. The fourth-order valence-electron chi connectivity index (χ4n) is 4.25. The Morgan fingerprint density at radius 2 is 1.81 bits per heavy atom. The quantitative estimate of drug-likeness (QED) is 0.519. The summed E-state index contributed by atoms with van der Waals surface area (Å²) in [6, 6.07) is 13.2. The topological polar surface area (TPSA) is 79.5 Å². The molecule has 7 heteroatoms. The van der Waals surface area contributed by atoms with Gasteiger partial charge in [-0.1, -0.05) is 18.2 Å². The van der Waals surface area contributed by atoms with E-state index in [4.69, 9.17) is 4.74 Å². The van der Waals surface area contributed by atoms with E-state index in [1.165, 1.54) is 25.7 Å². The predicted molar refractivity (Wildman–Crippen MR) is 122 cm³/mol. The molecule has 0 saturated heterocycles. The molecular formula is C25H32FN3O3. The van der Waals surface area contributed by atoms with Gasteiger partial charge >= 0.3 is 0 Å². The van der Waals surface area contributed by atoms with Gasteiger partial charge in [0.05, 0.1) is 7.11 Å². The highest BCUT2D eigenvalue weighted by molar-refractivity contribution is 5.94. The molecule has 1 saturated carbocycles. The Hall–Kier alpha value is -2.93. The SMILES string of the molecule is COc1cc(C(C)NC2CCC(c3ccc(C(=O)NCCNC(C)=O)cc3)C2)ccc1F. The molecule has 3 atom stereocenters. The third-order valence-corrected chi connectivity index (χ3v) is 6.02. The smallest absolute Gasteiger partial charge is 0.251 e. The Kier molecular flexibility index (Phi) is 8.22. The first-order valence-electron chi connectivity index (χ1n) is 11.1. The number of carbonyl (C=O) groups is 2. The zero-order valence-electron chi connectivity index (χ0n) is 18.9. The first kappa shape index (κ1) is 23.7. The molecule has 2 amide bonds. The molecule has 2 aromatic carbocycles. The number of hydrogen-bond donors (Lipinski definition) is 3. The number of hydrogen-bond acceptors (Lipinski definition) is 4. The number of methoxy groups -OCH3 is 1. The summed E-state index contributed by atoms with van der Waals surface area (Å²) in [6.07, 6.45) is 3.17. The molecule has 6 nitrogen and oxygen atoms in total. The number of ether oxygens (including phenoxy) is 1. The Morgan fingerprint density at radius 1 is 1.09 bits per heavy atom. The molecule has 3 unspecified atom stereocenters. The Bertz CT molecular complexity index is 933. The zero-order chi connectivity index (χ0) is 23.1. The van der Waals surface area contributed by atoms with Crippen LogP contribution >= 0.6 is 0 Å². The van der Waals surface area contributed by atoms with Crippen LogP contribution in [0.25, 0.3) is 0 Å². The van der Waals surface area contributed by atoms with E-state index in [1.807, 2.05) is 24.3 Å². The van der Waals surface area contributed by atoms with Crippen molar-refractivity contribution in [2.75, 3.05) is 20.2 Å². The Labute approximate surface area is 188 Å². The number of benzene rings is 2. The van der Waals surface area contributed by atoms with Crippen molar-refractivity contribution >= 4 is 11.8 Å². The van der Waals surface area contributed by atoms with Crippen LogP contribution in [0.2, 0.25) is 0 Å². The summed E-state index contributed by atoms with van der Waals surface area (Å²) in [7, 11) is 1.47. The van der Waals surface area contributed by atoms with Crippen LogP contribution in [-0.2, 0) is 4.79 Å². The number of rotatable bonds is 9. The molecule has 3 rings (SSSR count). The van der Waals surface area contributed by atoms with Gasteiger partial charge in [0.2, 0.25) is 5.91 Å². The second-order valence-corrected chi connectivity index (χ2v) is 8.35. The minimum absolute atomic E-state index is 0.0943. The Morgan fingerprint density at radius 3 is 2.50 bits per heavy atom. The fourth-order valence-corrected chi connectivity index (χ4v) is 4.25. The van der Waals surface area contributed by atoms with Crippen LogP contribution in [-0.4, -0.2) is 38.1 Å². The van der Waals surface area contributed by atoms with E-state index < -0.39 is 0 Å². The molecular weight excluding hydrogens is 409 g/mol. The number of halogens is 1. The second kappa shape index (κ2) is 11.1. The van der Waals surface area contributed by atoms with Gasteiger partial charge in [-0.3, -0.25) is 9.59 Å². The van der Waals surface area contributed by atoms with Crippen molar-refractivity contribution in [2.24, 2.45) is 0 Å². The van der Waals surface area contributed by atoms with E-state index in [9.17, 15) is 14.0 Å². The van der Waals surface area contributed by atoms with Crippen LogP contribution in [0.15, 0.2) is 42.5 Å². The van der Waals surface area contributed by atoms with E-state index in [0.29, 0.717) is 30.6 Å². The van der Waals surface area contributed by atoms with E-state index >= 15 is 0 Å². The summed E-state index contributed by atoms with van der Waals surface area (Å²) < 4.78 is 18.8. The lowest BCUT2D eigenvalue weighted by Gasteiger charge is -2.21. The largest absolute Gasteiger partial charge is 0.494 e. The van der Waals surface area contributed by atoms with Crippen LogP contribution in [0, 0.1) is 5.82 Å². The minimum atomic E-state index is -0.353. The average Bonchev–Trinajstić information content (AvgIpc) is 3.25. The molecule has 1 aliphatic rings. The lowest BCUT2D eigenvalue weighted by molar-refractivity contribution is -0.118. The highest BCUT2D eigenvalue weighted by Crippen LogP contribution is 2.35. The lowest BCUT2D eigenvalue weighted by atomic mass is 9.96. The van der Waals surface area contributed by atoms with Gasteiger partial charge in [0.15, 0.2) is 11.6 Å². The fraction of sp³-hybridized carbons (Fsp3) is 0.440. The van der Waals surface area contributed by atoms with Crippen LogP contribution in [0.4, 0.5) is 4.39 Å². The highest BCUT2D eigenvalue weighted by Gasteiger charge is 2.27. The summed E-state index contributed by atoms with van der Waals surface area (Å²) in [5, 5.41) is 9.11. The van der Waals surface area contributed by atoms with Crippen LogP contribution in [0.3, 0.4) is 0 Å². The van der Waals surface area contributed by atoms with Gasteiger partial charge in [-0.25, -0.2) is 4.39 Å². The molecule has 0 aliphatic heterocycles. The minimum Gasteiger partial charge on any atom is -0.494 e. The van der Waals surface area contributed by atoms with Gasteiger partial charge in [0.25, 0.3) is 5.91 Å². The normalized spacial score (nSPS) is 18.8. The van der Waals surface area contributed by atoms with Crippen LogP contribution < -0.4 is 20.7 Å². The monoisotopic (exact) mass is 441 g/mol. The van der Waals surface area contributed by atoms with Crippen molar-refractivity contribution in [1.29, 1.82) is 0 Å². The van der Waals surface area contributed by atoms with E-state index in [0.717, 1.165) is 24.8 Å². The Balaban J connectivity index is 1.50. The third-order valence-electron chi connectivity index (χ3n) is 6.02. The maximum absolute atomic E-state index is 13.7. The summed E-state index contributed by atoms with van der Waals surface area (Å²) in [4.78, 5) is 23.1. The van der Waals surface area contributed by atoms with Crippen molar-refractivity contribution in [3.05, 3.63) is 65.0 Å². The van der Waals surface area contributed by atoms with Gasteiger partial charge < -0.3 is 20.7 Å². The molecule has 1 fully saturated rings. The molecule has 0 bridgehead atoms. The van der Waals surface area contributed by atoms with Crippen molar-refractivity contribution in [3.63, 3.8) is 0 Å². The van der Waals surface area contributed by atoms with Gasteiger partial charge in [0.1, 0.15) is 0 Å². The van der Waals surface area contributed by atoms with Crippen molar-refractivity contribution in [1.82, 2.24) is 16.0 Å². The van der Waals surface area contributed by atoms with Crippen LogP contribution in [0.1, 0.15) is 66.6 Å². The molecule has 0 spiro atoms. The first-order chi connectivity index (χ1) is 15.4. The van der Waals surface area contributed by atoms with E-state index in [1.54, 1.807) is 12.1 Å². The first-order valence-corrected chi connectivity index (χ1v) is 11.1. The van der Waals surface area contributed by atoms with Gasteiger partial charge in [-0.2, -0.15) is 0 Å². The molecule has 0 aromatic heterocycles. The number of carbonyl (C=O) groups excluding carboxylic acids is 2. The predicted octanol–water partition coefficient (Wildman–Crippen LogP) is 3.69. The van der Waals surface area contributed by atoms with Crippen molar-refractivity contribution in [3.8, 4) is 5.75 Å². The van der Waals surface area contributed by atoms with Crippen molar-refractivity contribution < 1.29 is 18.7 Å². The molecule has 172 valence electrons. The molecule has 2 aromatic rings. The summed E-state index contributed by atoms with van der Waals surface area (Å²) in [5.74, 6) is 0.101. The van der Waals surface area contributed by atoms with E-state index in [-0.39, 0.29) is 29.4 Å². The van der Waals surface area contributed by atoms with Gasteiger partial charge in [-0.15, -0.1) is 0 Å². The summed E-state index contributed by atoms with van der Waals surface area (Å²) in [6.45, 7) is 4.34. The molecule has 3 N–H and O–H groups in total.